The molecule has 5 N–H and O–H groups in total. The highest BCUT2D eigenvalue weighted by Gasteiger charge is 2.35. The molecule has 0 aliphatic carbocycles. The number of nitrogens with two attached hydrogens (primary N) is 1. The summed E-state index contributed by atoms with van der Waals surface area (Å²) < 4.78 is 0.405. The number of ketones is 1. The van der Waals surface area contributed by atoms with Crippen LogP contribution in [0, 0.1) is 11.8 Å². The number of carbonyl (C=O) groups is 6. The number of rotatable bonds is 18. The number of hydrogen-bond donors (Lipinski definition) is 4. The summed E-state index contributed by atoms with van der Waals surface area (Å²) in [5.74, 6) is -2.49. The number of Topliss-reactive ketones (excluding diaryl/α,β-unsaturated/α-hetero) is 1. The van der Waals surface area contributed by atoms with Crippen LogP contribution in [0.3, 0.4) is 0 Å². The first kappa shape index (κ1) is 36.1. The zero-order valence-electron chi connectivity index (χ0n) is 24.8. The van der Waals surface area contributed by atoms with Gasteiger partial charge in [-0.15, -0.1) is 0 Å². The maximum absolute atomic E-state index is 13.4. The molecule has 13 heteroatoms. The van der Waals surface area contributed by atoms with Gasteiger partial charge in [0.2, 0.25) is 11.8 Å². The lowest BCUT2D eigenvalue weighted by molar-refractivity contribution is -0.137. The second-order valence-corrected chi connectivity index (χ2v) is 12.4. The molecule has 0 aromatic heterocycles. The molecule has 236 valence electrons. The molecule has 0 fully saturated rings. The zero-order valence-corrected chi connectivity index (χ0v) is 28.0. The lowest BCUT2D eigenvalue weighted by atomic mass is 9.89. The Hall–Kier alpha value is -3.06. The van der Waals surface area contributed by atoms with Gasteiger partial charge in [0.1, 0.15) is 8.96 Å². The van der Waals surface area contributed by atoms with Crippen LogP contribution in [0.15, 0.2) is 33.2 Å². The Morgan fingerprint density at radius 3 is 2.12 bits per heavy atom. The number of halogens is 2. The molecule has 11 nitrogen and oxygen atoms in total. The van der Waals surface area contributed by atoms with E-state index in [9.17, 15) is 28.8 Å². The van der Waals surface area contributed by atoms with E-state index in [1.54, 1.807) is 0 Å². The van der Waals surface area contributed by atoms with Crippen molar-refractivity contribution in [3.8, 4) is 0 Å². The van der Waals surface area contributed by atoms with Crippen molar-refractivity contribution in [3.05, 3.63) is 38.8 Å². The van der Waals surface area contributed by atoms with Crippen molar-refractivity contribution in [1.82, 2.24) is 15.5 Å². The summed E-state index contributed by atoms with van der Waals surface area (Å²) in [5.41, 5.74) is 6.89. The van der Waals surface area contributed by atoms with Crippen LogP contribution in [0.4, 0.5) is 10.5 Å². The molecule has 2 atom stereocenters. The van der Waals surface area contributed by atoms with Gasteiger partial charge in [-0.2, -0.15) is 0 Å². The second-order valence-electron chi connectivity index (χ2n) is 10.8. The fraction of sp³-hybridized carbons (Fsp3) is 0.533. The number of imide groups is 1. The Labute approximate surface area is 269 Å². The Bertz CT molecular complexity index is 1190. The van der Waals surface area contributed by atoms with Crippen LogP contribution in [0.25, 0.3) is 0 Å². The summed E-state index contributed by atoms with van der Waals surface area (Å²) in [7, 11) is 0. The average molecular weight is 727 g/mol. The lowest BCUT2D eigenvalue weighted by Crippen LogP contribution is -2.45. The Balaban J connectivity index is 1.92. The van der Waals surface area contributed by atoms with Gasteiger partial charge in [-0.1, -0.05) is 39.3 Å². The average Bonchev–Trinajstić information content (AvgIpc) is 3.14. The van der Waals surface area contributed by atoms with Crippen molar-refractivity contribution in [1.29, 1.82) is 0 Å². The third-order valence-corrected chi connectivity index (χ3v) is 9.15. The number of nitrogens with one attached hydrogen (secondary N) is 3. The third-order valence-electron chi connectivity index (χ3n) is 7.15. The van der Waals surface area contributed by atoms with Gasteiger partial charge in [-0.3, -0.25) is 28.9 Å². The van der Waals surface area contributed by atoms with Crippen LogP contribution in [-0.4, -0.2) is 59.5 Å². The highest BCUT2D eigenvalue weighted by molar-refractivity contribution is 9.14. The minimum Gasteiger partial charge on any atom is -0.352 e. The van der Waals surface area contributed by atoms with Crippen molar-refractivity contribution in [3.63, 3.8) is 0 Å². The number of hydrogen-bond acceptors (Lipinski definition) is 6. The summed E-state index contributed by atoms with van der Waals surface area (Å²) in [6.45, 7) is 6.22. The predicted molar refractivity (Wildman–Crippen MR) is 171 cm³/mol. The molecule has 1 aliphatic heterocycles. The number of anilines is 1. The third kappa shape index (κ3) is 11.5. The topological polar surface area (TPSA) is 168 Å². The lowest BCUT2D eigenvalue weighted by Gasteiger charge is -2.24. The Morgan fingerprint density at radius 1 is 0.930 bits per heavy atom. The number of primary amides is 1. The van der Waals surface area contributed by atoms with E-state index < -0.39 is 29.8 Å². The number of benzene rings is 1. The number of urea groups is 1. The molecule has 0 saturated heterocycles. The molecule has 0 saturated carbocycles. The minimum absolute atomic E-state index is 0.0738. The van der Waals surface area contributed by atoms with Crippen LogP contribution in [0.2, 0.25) is 0 Å². The molecule has 0 spiro atoms. The largest absolute Gasteiger partial charge is 0.352 e. The normalized spacial score (nSPS) is 14.6. The number of aryl methyl sites for hydroxylation is 1. The Kier molecular flexibility index (Phi) is 15.1. The van der Waals surface area contributed by atoms with E-state index in [0.29, 0.717) is 37.8 Å². The summed E-state index contributed by atoms with van der Waals surface area (Å²) in [4.78, 5) is 75.7. The maximum atomic E-state index is 13.4. The highest BCUT2D eigenvalue weighted by atomic mass is 79.9. The summed E-state index contributed by atoms with van der Waals surface area (Å²) >= 11 is 6.20. The molecular weight excluding hydrogens is 686 g/mol. The van der Waals surface area contributed by atoms with Gasteiger partial charge in [0.05, 0.1) is 6.04 Å². The molecule has 0 bridgehead atoms. The predicted octanol–water partition coefficient (Wildman–Crippen LogP) is 4.28. The van der Waals surface area contributed by atoms with Gasteiger partial charge < -0.3 is 21.7 Å². The minimum atomic E-state index is -0.768. The fourth-order valence-corrected chi connectivity index (χ4v) is 5.41. The molecule has 1 aliphatic rings. The second kappa shape index (κ2) is 17.9. The fourth-order valence-electron chi connectivity index (χ4n) is 4.64. The molecule has 1 aromatic rings. The van der Waals surface area contributed by atoms with E-state index in [1.165, 1.54) is 0 Å². The van der Waals surface area contributed by atoms with Crippen molar-refractivity contribution in [2.45, 2.75) is 78.2 Å². The highest BCUT2D eigenvalue weighted by Crippen LogP contribution is 2.29. The van der Waals surface area contributed by atoms with Gasteiger partial charge in [-0.05, 0) is 87.6 Å². The van der Waals surface area contributed by atoms with Crippen LogP contribution in [0.5, 0.6) is 0 Å². The van der Waals surface area contributed by atoms with Crippen molar-refractivity contribution in [2.24, 2.45) is 17.6 Å². The molecule has 0 radical (unpaired) electrons. The van der Waals surface area contributed by atoms with Gasteiger partial charge in [-0.25, -0.2) is 4.79 Å². The maximum Gasteiger partial charge on any atom is 0.312 e. The van der Waals surface area contributed by atoms with Gasteiger partial charge in [0.25, 0.3) is 11.8 Å². The first-order valence-electron chi connectivity index (χ1n) is 14.5. The van der Waals surface area contributed by atoms with E-state index in [1.807, 2.05) is 45.0 Å². The van der Waals surface area contributed by atoms with Crippen molar-refractivity contribution in [2.75, 3.05) is 18.4 Å². The number of amides is 6. The quantitative estimate of drug-likeness (QED) is 0.130. The molecule has 0 unspecified atom stereocenters. The van der Waals surface area contributed by atoms with Crippen LogP contribution >= 0.6 is 31.9 Å². The number of nitrogens with zero attached hydrogens (tertiary/aromatic N) is 1. The van der Waals surface area contributed by atoms with Crippen LogP contribution < -0.4 is 21.7 Å². The Morgan fingerprint density at radius 2 is 1.56 bits per heavy atom. The monoisotopic (exact) mass is 725 g/mol. The van der Waals surface area contributed by atoms with Crippen molar-refractivity contribution < 1.29 is 28.8 Å². The van der Waals surface area contributed by atoms with Crippen LogP contribution in [0.1, 0.15) is 71.3 Å². The van der Waals surface area contributed by atoms with Gasteiger partial charge in [0.15, 0.2) is 5.78 Å². The molecule has 1 heterocycles. The first-order valence-corrected chi connectivity index (χ1v) is 16.1. The summed E-state index contributed by atoms with van der Waals surface area (Å²) in [5, 5.41) is 8.21. The molecule has 6 amide bonds. The zero-order chi connectivity index (χ0) is 32.1. The smallest absolute Gasteiger partial charge is 0.312 e. The summed E-state index contributed by atoms with van der Waals surface area (Å²) in [6.07, 6.45) is 3.44. The molecule has 1 aromatic carbocycles. The van der Waals surface area contributed by atoms with Gasteiger partial charge in [0, 0.05) is 37.5 Å². The van der Waals surface area contributed by atoms with E-state index >= 15 is 0 Å². The molecule has 43 heavy (non-hydrogen) atoms. The first-order chi connectivity index (χ1) is 20.3. The molecule has 2 rings (SSSR count). The van der Waals surface area contributed by atoms with E-state index in [0.717, 1.165) is 16.9 Å². The number of carbonyl (C=O) groups excluding carboxylic acids is 6. The van der Waals surface area contributed by atoms with Gasteiger partial charge >= 0.3 is 6.03 Å². The number of unbranched alkanes of at least 4 members (excludes halogenated alkanes) is 2. The van der Waals surface area contributed by atoms with E-state index in [2.05, 4.69) is 47.8 Å². The van der Waals surface area contributed by atoms with Crippen molar-refractivity contribution >= 4 is 73.0 Å². The van der Waals surface area contributed by atoms with Crippen LogP contribution in [-0.2, 0) is 30.4 Å². The standard InChI is InChI=1S/C30H41Br2N5O6/c1-4-19-11-13-21(14-12-19)35-27(40)20(9-8-15-34-30(33)43)17-22(38)26(18(2)3)36-23(39)10-6-5-7-16-37-28(41)24(31)25(32)29(37)42/h11-14,18,20,26H,4-10,15-17H2,1-3H3,(H,35,40)(H,36,39)(H3,33,34,43)/t20-,26+/m1/s1. The summed E-state index contributed by atoms with van der Waals surface area (Å²) in [6, 6.07) is 6.06. The molecular formula is C30H41Br2N5O6. The van der Waals surface area contributed by atoms with E-state index in [-0.39, 0.29) is 58.4 Å². The van der Waals surface area contributed by atoms with E-state index in [4.69, 9.17) is 5.73 Å². The SMILES string of the molecule is CCc1ccc(NC(=O)[C@H](CCCNC(N)=O)CC(=O)[C@@H](NC(=O)CCCCCN2C(=O)C(Br)=C(Br)C2=O)C(C)C)cc1.